The van der Waals surface area contributed by atoms with Crippen molar-refractivity contribution in [3.05, 3.63) is 161 Å². The number of fused-ring (bicyclic) bond motifs is 1. The molecule has 6 rings (SSSR count). The summed E-state index contributed by atoms with van der Waals surface area (Å²) >= 11 is 0. The smallest absolute Gasteiger partial charge is 0.244 e. The highest BCUT2D eigenvalue weighted by Crippen LogP contribution is 2.47. The molecule has 5 aromatic rings. The molecule has 4 heteroatoms. The first-order valence-electron chi connectivity index (χ1n) is 14.1. The van der Waals surface area contributed by atoms with E-state index in [0.717, 1.165) is 60.9 Å². The topological polar surface area (TPSA) is 54.9 Å². The molecule has 0 bridgehead atoms. The van der Waals surface area contributed by atoms with Gasteiger partial charge in [-0.25, -0.2) is 0 Å². The zero-order valence-electron chi connectivity index (χ0n) is 22.6. The second kappa shape index (κ2) is 11.7. The lowest BCUT2D eigenvalue weighted by molar-refractivity contribution is -0.118. The fraction of sp³-hybridized carbons (Fsp3) is 0.194. The van der Waals surface area contributed by atoms with Crippen LogP contribution in [-0.2, 0) is 35.9 Å². The number of rotatable bonds is 10. The largest absolute Gasteiger partial charge is 0.324 e. The van der Waals surface area contributed by atoms with Gasteiger partial charge in [0.15, 0.2) is 0 Å². The van der Waals surface area contributed by atoms with Gasteiger partial charge >= 0.3 is 0 Å². The fourth-order valence-electron chi connectivity index (χ4n) is 5.93. The average molecular weight is 524 g/mol. The van der Waals surface area contributed by atoms with Crippen LogP contribution in [0.2, 0.25) is 0 Å². The maximum Gasteiger partial charge on any atom is 0.244 e. The Morgan fingerprint density at radius 2 is 0.950 bits per heavy atom. The maximum atomic E-state index is 13.9. The summed E-state index contributed by atoms with van der Waals surface area (Å²) in [5.74, 6) is 0.00424. The van der Waals surface area contributed by atoms with E-state index < -0.39 is 5.41 Å². The normalized spacial score (nSPS) is 13.6. The van der Waals surface area contributed by atoms with Crippen molar-refractivity contribution >= 4 is 11.6 Å². The molecule has 0 saturated heterocycles. The van der Waals surface area contributed by atoms with E-state index in [1.807, 2.05) is 43.0 Å². The van der Waals surface area contributed by atoms with Crippen LogP contribution in [0.3, 0.4) is 0 Å². The van der Waals surface area contributed by atoms with E-state index in [1.165, 1.54) is 22.3 Å². The zero-order valence-corrected chi connectivity index (χ0v) is 22.6. The van der Waals surface area contributed by atoms with Crippen LogP contribution in [0.15, 0.2) is 122 Å². The first-order chi connectivity index (χ1) is 19.7. The van der Waals surface area contributed by atoms with Gasteiger partial charge in [-0.05, 0) is 102 Å². The highest BCUT2D eigenvalue weighted by molar-refractivity contribution is 6.11. The van der Waals surface area contributed by atoms with E-state index in [4.69, 9.17) is 0 Å². The van der Waals surface area contributed by atoms with Crippen LogP contribution in [0.5, 0.6) is 0 Å². The number of nitrogens with zero attached hydrogens (tertiary/aromatic N) is 2. The van der Waals surface area contributed by atoms with E-state index in [0.29, 0.717) is 0 Å². The predicted octanol–water partition coefficient (Wildman–Crippen LogP) is 7.11. The van der Waals surface area contributed by atoms with Crippen molar-refractivity contribution in [2.75, 3.05) is 5.32 Å². The van der Waals surface area contributed by atoms with E-state index in [1.54, 1.807) is 0 Å². The second-order valence-corrected chi connectivity index (χ2v) is 10.6. The van der Waals surface area contributed by atoms with Crippen molar-refractivity contribution in [1.29, 1.82) is 0 Å². The SMILES string of the molecule is O=C1Nc2ccccc2C1(c1ccc(CCCc2ccncc2)cc1)c1ccc(CCCc2ccncc2)cc1. The Morgan fingerprint density at radius 1 is 0.525 bits per heavy atom. The van der Waals surface area contributed by atoms with Gasteiger partial charge in [0, 0.05) is 36.0 Å². The summed E-state index contributed by atoms with van der Waals surface area (Å²) in [6.07, 6.45) is 13.6. The van der Waals surface area contributed by atoms with Crippen LogP contribution in [-0.4, -0.2) is 15.9 Å². The molecule has 40 heavy (non-hydrogen) atoms. The Labute approximate surface area is 236 Å². The molecule has 198 valence electrons. The molecule has 0 radical (unpaired) electrons. The van der Waals surface area contributed by atoms with Gasteiger partial charge in [0.1, 0.15) is 5.41 Å². The second-order valence-electron chi connectivity index (χ2n) is 10.6. The summed E-state index contributed by atoms with van der Waals surface area (Å²) in [5.41, 5.74) is 8.20. The van der Waals surface area contributed by atoms with Crippen molar-refractivity contribution in [2.45, 2.75) is 43.9 Å². The molecule has 0 atom stereocenters. The predicted molar refractivity (Wildman–Crippen MR) is 160 cm³/mol. The van der Waals surface area contributed by atoms with Gasteiger partial charge in [-0.1, -0.05) is 66.7 Å². The third kappa shape index (κ3) is 5.17. The van der Waals surface area contributed by atoms with E-state index in [2.05, 4.69) is 94.1 Å². The van der Waals surface area contributed by atoms with E-state index >= 15 is 0 Å². The third-order valence-electron chi connectivity index (χ3n) is 8.05. The monoisotopic (exact) mass is 523 g/mol. The number of anilines is 1. The number of hydrogen-bond donors (Lipinski definition) is 1. The number of aryl methyl sites for hydroxylation is 4. The highest BCUT2D eigenvalue weighted by Gasteiger charge is 2.49. The summed E-state index contributed by atoms with van der Waals surface area (Å²) in [6.45, 7) is 0. The first kappa shape index (κ1) is 25.7. The van der Waals surface area contributed by atoms with Crippen LogP contribution in [0, 0.1) is 0 Å². The molecule has 2 aromatic heterocycles. The average Bonchev–Trinajstić information content (AvgIpc) is 3.31. The number of nitrogens with one attached hydrogen (secondary N) is 1. The minimum atomic E-state index is -0.873. The molecule has 3 aromatic carbocycles. The summed E-state index contributed by atoms with van der Waals surface area (Å²) in [7, 11) is 0. The number of aromatic nitrogens is 2. The van der Waals surface area contributed by atoms with Crippen molar-refractivity contribution in [3.8, 4) is 0 Å². The molecule has 0 spiro atoms. The van der Waals surface area contributed by atoms with E-state index in [-0.39, 0.29) is 5.91 Å². The minimum Gasteiger partial charge on any atom is -0.324 e. The van der Waals surface area contributed by atoms with Crippen LogP contribution >= 0.6 is 0 Å². The number of benzene rings is 3. The lowest BCUT2D eigenvalue weighted by atomic mass is 9.70. The molecule has 0 saturated carbocycles. The van der Waals surface area contributed by atoms with Crippen molar-refractivity contribution in [1.82, 2.24) is 9.97 Å². The zero-order chi connectivity index (χ0) is 27.2. The quantitative estimate of drug-likeness (QED) is 0.212. The van der Waals surface area contributed by atoms with Gasteiger partial charge in [0.25, 0.3) is 0 Å². The van der Waals surface area contributed by atoms with E-state index in [9.17, 15) is 4.79 Å². The molecule has 1 N–H and O–H groups in total. The Balaban J connectivity index is 1.24. The van der Waals surface area contributed by atoms with Crippen molar-refractivity contribution < 1.29 is 4.79 Å². The van der Waals surface area contributed by atoms with Gasteiger partial charge < -0.3 is 5.32 Å². The Bertz CT molecular complexity index is 1470. The molecule has 3 heterocycles. The molecule has 1 aliphatic rings. The van der Waals surface area contributed by atoms with Crippen molar-refractivity contribution in [2.24, 2.45) is 0 Å². The molecule has 1 amide bonds. The standard InChI is InChI=1S/C36H33N3O/c40-35-36(33-9-1-2-10-34(33)39-35,31-15-11-27(12-16-31)5-3-7-29-19-23-37-24-20-29)32-17-13-28(14-18-32)6-4-8-30-21-25-38-26-22-30/h1-2,9-26H,3-8H2,(H,39,40). The van der Waals surface area contributed by atoms with Gasteiger partial charge in [-0.15, -0.1) is 0 Å². The number of hydrogen-bond acceptors (Lipinski definition) is 3. The highest BCUT2D eigenvalue weighted by atomic mass is 16.2. The van der Waals surface area contributed by atoms with Crippen LogP contribution in [0.4, 0.5) is 5.69 Å². The summed E-state index contributed by atoms with van der Waals surface area (Å²) in [4.78, 5) is 22.1. The molecule has 1 aliphatic heterocycles. The van der Waals surface area contributed by atoms with Crippen LogP contribution in [0.25, 0.3) is 0 Å². The summed E-state index contributed by atoms with van der Waals surface area (Å²) < 4.78 is 0. The van der Waals surface area contributed by atoms with Gasteiger partial charge in [-0.2, -0.15) is 0 Å². The van der Waals surface area contributed by atoms with Crippen molar-refractivity contribution in [3.63, 3.8) is 0 Å². The summed E-state index contributed by atoms with van der Waals surface area (Å²) in [5, 5.41) is 3.17. The van der Waals surface area contributed by atoms with Gasteiger partial charge in [0.05, 0.1) is 0 Å². The first-order valence-corrected chi connectivity index (χ1v) is 14.1. The maximum absolute atomic E-state index is 13.9. The number of para-hydroxylation sites is 1. The van der Waals surface area contributed by atoms with Crippen LogP contribution < -0.4 is 5.32 Å². The lowest BCUT2D eigenvalue weighted by Gasteiger charge is -2.29. The summed E-state index contributed by atoms with van der Waals surface area (Å²) in [6, 6.07) is 33.7. The molecule has 0 unspecified atom stereocenters. The lowest BCUT2D eigenvalue weighted by Crippen LogP contribution is -2.37. The number of amides is 1. The number of carbonyl (C=O) groups is 1. The van der Waals surface area contributed by atoms with Crippen LogP contribution in [0.1, 0.15) is 51.8 Å². The minimum absolute atomic E-state index is 0.00424. The van der Waals surface area contributed by atoms with Gasteiger partial charge in [0.2, 0.25) is 5.91 Å². The fourth-order valence-corrected chi connectivity index (χ4v) is 5.93. The molecule has 0 fully saturated rings. The molecular formula is C36H33N3O. The Morgan fingerprint density at radius 3 is 1.43 bits per heavy atom. The molecule has 4 nitrogen and oxygen atoms in total. The Hall–Kier alpha value is -4.57. The molecule has 0 aliphatic carbocycles. The number of pyridine rings is 2. The molecular weight excluding hydrogens is 490 g/mol. The Kier molecular flexibility index (Phi) is 7.49. The number of carbonyl (C=O) groups excluding carboxylic acids is 1. The third-order valence-corrected chi connectivity index (χ3v) is 8.05. The van der Waals surface area contributed by atoms with Gasteiger partial charge in [-0.3, -0.25) is 14.8 Å².